The van der Waals surface area contributed by atoms with Crippen LogP contribution in [0.5, 0.6) is 0 Å². The average molecular weight is 453 g/mol. The summed E-state index contributed by atoms with van der Waals surface area (Å²) in [5, 5.41) is 10.5. The number of nitrogens with zero attached hydrogens (tertiary/aromatic N) is 6. The lowest BCUT2D eigenvalue weighted by Crippen LogP contribution is -2.53. The molecule has 0 amide bonds. The predicted octanol–water partition coefficient (Wildman–Crippen LogP) is 3.86. The number of alkyl halides is 1. The van der Waals surface area contributed by atoms with Crippen molar-refractivity contribution >= 4 is 16.7 Å². The second kappa shape index (κ2) is 7.50. The number of ether oxygens (including phenoxy) is 2. The van der Waals surface area contributed by atoms with Gasteiger partial charge in [0.1, 0.15) is 17.6 Å². The Hall–Kier alpha value is -2.52. The quantitative estimate of drug-likeness (QED) is 0.542. The summed E-state index contributed by atoms with van der Waals surface area (Å²) >= 11 is 0. The van der Waals surface area contributed by atoms with E-state index in [4.69, 9.17) is 24.7 Å². The first-order valence-electron chi connectivity index (χ1n) is 12.3. The molecule has 7 rings (SSSR count). The maximum atomic E-state index is 14.7. The molecule has 2 aliphatic heterocycles. The van der Waals surface area contributed by atoms with Gasteiger partial charge in [-0.2, -0.15) is 10.2 Å². The number of hydrogen-bond acceptors (Lipinski definition) is 6. The Bertz CT molecular complexity index is 1170. The van der Waals surface area contributed by atoms with Gasteiger partial charge in [-0.25, -0.2) is 9.07 Å². The first-order valence-corrected chi connectivity index (χ1v) is 12.3. The zero-order valence-electron chi connectivity index (χ0n) is 18.7. The Labute approximate surface area is 191 Å². The molecule has 0 aromatic carbocycles. The van der Waals surface area contributed by atoms with Gasteiger partial charge in [0, 0.05) is 32.1 Å². The molecule has 3 aromatic heterocycles. The molecule has 0 radical (unpaired) electrons. The van der Waals surface area contributed by atoms with Crippen molar-refractivity contribution in [3.05, 3.63) is 24.5 Å². The second-order valence-corrected chi connectivity index (χ2v) is 10.1. The number of hydrogen-bond donors (Lipinski definition) is 0. The highest BCUT2D eigenvalue weighted by Gasteiger charge is 2.44. The van der Waals surface area contributed by atoms with E-state index in [1.165, 1.54) is 12.8 Å². The third-order valence-corrected chi connectivity index (χ3v) is 7.22. The molecule has 5 heterocycles. The summed E-state index contributed by atoms with van der Waals surface area (Å²) in [6, 6.07) is 3.98. The van der Waals surface area contributed by atoms with Crippen molar-refractivity contribution in [2.24, 2.45) is 0 Å². The van der Waals surface area contributed by atoms with Crippen molar-refractivity contribution in [2.45, 2.75) is 75.6 Å². The van der Waals surface area contributed by atoms with Crippen LogP contribution in [-0.2, 0) is 16.0 Å². The average Bonchev–Trinajstić information content (AvgIpc) is 3.68. The first kappa shape index (κ1) is 19.9. The van der Waals surface area contributed by atoms with Crippen molar-refractivity contribution in [3.63, 3.8) is 0 Å². The Morgan fingerprint density at radius 1 is 1.09 bits per heavy atom. The van der Waals surface area contributed by atoms with Gasteiger partial charge in [0.15, 0.2) is 5.82 Å². The van der Waals surface area contributed by atoms with Gasteiger partial charge in [0.25, 0.3) is 0 Å². The van der Waals surface area contributed by atoms with Crippen LogP contribution in [0.15, 0.2) is 24.5 Å². The first-order chi connectivity index (χ1) is 16.1. The molecular weight excluding hydrogens is 423 g/mol. The molecule has 2 saturated heterocycles. The Balaban J connectivity index is 1.19. The summed E-state index contributed by atoms with van der Waals surface area (Å²) in [7, 11) is 0. The Kier molecular flexibility index (Phi) is 4.52. The molecule has 0 bridgehead atoms. The van der Waals surface area contributed by atoms with Crippen molar-refractivity contribution in [1.82, 2.24) is 24.5 Å². The number of fused-ring (bicyclic) bond motifs is 1. The highest BCUT2D eigenvalue weighted by atomic mass is 19.1. The normalized spacial score (nSPS) is 24.9. The molecule has 174 valence electrons. The van der Waals surface area contributed by atoms with E-state index in [9.17, 15) is 4.39 Å². The minimum Gasteiger partial charge on any atom is -0.371 e. The summed E-state index contributed by atoms with van der Waals surface area (Å²) < 4.78 is 30.3. The molecule has 3 aromatic rings. The van der Waals surface area contributed by atoms with E-state index in [1.807, 2.05) is 33.9 Å². The lowest BCUT2D eigenvalue weighted by Gasteiger charge is -2.39. The second-order valence-electron chi connectivity index (χ2n) is 10.1. The maximum Gasteiger partial charge on any atom is 0.160 e. The van der Waals surface area contributed by atoms with Gasteiger partial charge in [-0.1, -0.05) is 0 Å². The van der Waals surface area contributed by atoms with Gasteiger partial charge in [-0.05, 0) is 57.1 Å². The third kappa shape index (κ3) is 3.81. The maximum absolute atomic E-state index is 14.7. The zero-order chi connectivity index (χ0) is 22.0. The molecule has 0 spiro atoms. The van der Waals surface area contributed by atoms with E-state index in [-0.39, 0.29) is 18.9 Å². The molecule has 1 atom stereocenters. The standard InChI is InChI=1S/C24H29FN6O2/c25-24(7-8-24)15-31-21-11-20(19-6-9-30(27-19)22-3-1-2-10-32-22)26-12-18(21)23(28-31)29-13-17(14-29)33-16-4-5-16/h6,9,11-12,16-17,22H,1-5,7-8,10,13-15H2. The van der Waals surface area contributed by atoms with Crippen LogP contribution in [0.3, 0.4) is 0 Å². The van der Waals surface area contributed by atoms with E-state index >= 15 is 0 Å². The highest BCUT2D eigenvalue weighted by molar-refractivity contribution is 5.92. The molecule has 33 heavy (non-hydrogen) atoms. The van der Waals surface area contributed by atoms with Gasteiger partial charge >= 0.3 is 0 Å². The molecular formula is C24H29FN6O2. The van der Waals surface area contributed by atoms with Crippen LogP contribution in [-0.4, -0.2) is 62.1 Å². The van der Waals surface area contributed by atoms with E-state index in [1.54, 1.807) is 0 Å². The smallest absolute Gasteiger partial charge is 0.160 e. The number of pyridine rings is 1. The van der Waals surface area contributed by atoms with Crippen LogP contribution in [0, 0.1) is 0 Å². The van der Waals surface area contributed by atoms with Crippen LogP contribution in [0.1, 0.15) is 51.2 Å². The molecule has 4 fully saturated rings. The van der Waals surface area contributed by atoms with E-state index in [0.29, 0.717) is 18.9 Å². The topological polar surface area (TPSA) is 70.2 Å². The molecule has 4 aliphatic rings. The third-order valence-electron chi connectivity index (χ3n) is 7.22. The summed E-state index contributed by atoms with van der Waals surface area (Å²) in [5.74, 6) is 0.880. The fourth-order valence-electron chi connectivity index (χ4n) is 4.85. The van der Waals surface area contributed by atoms with E-state index < -0.39 is 5.67 Å². The summed E-state index contributed by atoms with van der Waals surface area (Å²) in [6.45, 7) is 2.72. The molecule has 2 saturated carbocycles. The lowest BCUT2D eigenvalue weighted by molar-refractivity contribution is -0.0393. The Morgan fingerprint density at radius 3 is 2.73 bits per heavy atom. The zero-order valence-corrected chi connectivity index (χ0v) is 18.7. The monoisotopic (exact) mass is 452 g/mol. The van der Waals surface area contributed by atoms with Crippen LogP contribution < -0.4 is 4.90 Å². The molecule has 2 aliphatic carbocycles. The number of anilines is 1. The van der Waals surface area contributed by atoms with Gasteiger partial charge in [-0.3, -0.25) is 9.67 Å². The van der Waals surface area contributed by atoms with Gasteiger partial charge < -0.3 is 14.4 Å². The molecule has 0 N–H and O–H groups in total. The minimum absolute atomic E-state index is 0.00755. The fourth-order valence-corrected chi connectivity index (χ4v) is 4.85. The molecule has 1 unspecified atom stereocenters. The van der Waals surface area contributed by atoms with Gasteiger partial charge in [0.05, 0.1) is 35.3 Å². The van der Waals surface area contributed by atoms with Crippen molar-refractivity contribution in [3.8, 4) is 11.4 Å². The summed E-state index contributed by atoms with van der Waals surface area (Å²) in [4.78, 5) is 6.94. The van der Waals surface area contributed by atoms with E-state index in [0.717, 1.165) is 67.1 Å². The number of halogens is 1. The fraction of sp³-hybridized carbons (Fsp3) is 0.625. The SMILES string of the molecule is FC1(Cn2nc(N3CC(OC4CC4)C3)c3cnc(-c4ccn(C5CCCCO5)n4)cc32)CC1. The van der Waals surface area contributed by atoms with Crippen LogP contribution in [0.25, 0.3) is 22.3 Å². The number of aromatic nitrogens is 5. The largest absolute Gasteiger partial charge is 0.371 e. The van der Waals surface area contributed by atoms with Crippen LogP contribution in [0.2, 0.25) is 0 Å². The summed E-state index contributed by atoms with van der Waals surface area (Å²) in [5.41, 5.74) is 1.34. The van der Waals surface area contributed by atoms with Crippen molar-refractivity contribution in [1.29, 1.82) is 0 Å². The van der Waals surface area contributed by atoms with Gasteiger partial charge in [-0.15, -0.1) is 0 Å². The highest BCUT2D eigenvalue weighted by Crippen LogP contribution is 2.43. The van der Waals surface area contributed by atoms with Crippen molar-refractivity contribution in [2.75, 3.05) is 24.6 Å². The predicted molar refractivity (Wildman–Crippen MR) is 121 cm³/mol. The summed E-state index contributed by atoms with van der Waals surface area (Å²) in [6.07, 6.45) is 11.4. The minimum atomic E-state index is -1.13. The lowest BCUT2D eigenvalue weighted by atomic mass is 10.1. The van der Waals surface area contributed by atoms with Crippen molar-refractivity contribution < 1.29 is 13.9 Å². The molecule has 9 heteroatoms. The van der Waals surface area contributed by atoms with Gasteiger partial charge in [0.2, 0.25) is 0 Å². The van der Waals surface area contributed by atoms with Crippen LogP contribution >= 0.6 is 0 Å². The number of rotatable bonds is 7. The Morgan fingerprint density at radius 2 is 1.97 bits per heavy atom. The van der Waals surface area contributed by atoms with E-state index in [2.05, 4.69) is 4.90 Å². The molecule has 8 nitrogen and oxygen atoms in total. The van der Waals surface area contributed by atoms with Crippen LogP contribution in [0.4, 0.5) is 10.2 Å².